The van der Waals surface area contributed by atoms with E-state index in [1.54, 1.807) is 0 Å². The molecule has 12 heavy (non-hydrogen) atoms. The van der Waals surface area contributed by atoms with Crippen molar-refractivity contribution in [1.29, 1.82) is 0 Å². The predicted molar refractivity (Wildman–Crippen MR) is 46.1 cm³/mol. The maximum absolute atomic E-state index is 9.30. The first kappa shape index (κ1) is 9.67. The average molecular weight is 208 g/mol. The Morgan fingerprint density at radius 1 is 1.50 bits per heavy atom. The first-order valence-corrected chi connectivity index (χ1v) is 3.97. The van der Waals surface area contributed by atoms with Crippen LogP contribution in [0.1, 0.15) is 11.7 Å². The van der Waals surface area contributed by atoms with Gasteiger partial charge in [-0.05, 0) is 6.07 Å². The van der Waals surface area contributed by atoms with Crippen LogP contribution in [-0.2, 0) is 0 Å². The van der Waals surface area contributed by atoms with Crippen molar-refractivity contribution < 1.29 is 5.11 Å². The standard InChI is InChI=1S/C6H7Cl2N3O/c7-5-1-3(4(12)2-9)6(8)11-10-5/h1,4,12H,2,9H2/t4-/m1/s1. The second kappa shape index (κ2) is 4.00. The molecule has 1 atom stereocenters. The summed E-state index contributed by atoms with van der Waals surface area (Å²) in [6, 6.07) is 1.44. The fourth-order valence-corrected chi connectivity index (χ4v) is 1.10. The molecule has 1 rings (SSSR count). The average Bonchev–Trinajstić information content (AvgIpc) is 2.08. The molecule has 4 nitrogen and oxygen atoms in total. The minimum Gasteiger partial charge on any atom is -0.387 e. The fraction of sp³-hybridized carbons (Fsp3) is 0.333. The maximum Gasteiger partial charge on any atom is 0.157 e. The molecule has 0 saturated heterocycles. The first-order valence-electron chi connectivity index (χ1n) is 3.22. The van der Waals surface area contributed by atoms with E-state index in [0.717, 1.165) is 0 Å². The van der Waals surface area contributed by atoms with E-state index in [4.69, 9.17) is 28.9 Å². The summed E-state index contributed by atoms with van der Waals surface area (Å²) in [5.74, 6) is 0. The van der Waals surface area contributed by atoms with E-state index in [2.05, 4.69) is 10.2 Å². The van der Waals surface area contributed by atoms with E-state index in [1.165, 1.54) is 6.07 Å². The van der Waals surface area contributed by atoms with Gasteiger partial charge in [-0.25, -0.2) is 0 Å². The number of halogens is 2. The van der Waals surface area contributed by atoms with Gasteiger partial charge in [0.15, 0.2) is 10.3 Å². The van der Waals surface area contributed by atoms with Crippen molar-refractivity contribution in [3.05, 3.63) is 21.9 Å². The molecule has 0 radical (unpaired) electrons. The van der Waals surface area contributed by atoms with Crippen molar-refractivity contribution in [2.45, 2.75) is 6.10 Å². The van der Waals surface area contributed by atoms with Crippen molar-refractivity contribution in [3.8, 4) is 0 Å². The second-order valence-corrected chi connectivity index (χ2v) is 2.91. The third kappa shape index (κ3) is 2.04. The highest BCUT2D eigenvalue weighted by atomic mass is 35.5. The van der Waals surface area contributed by atoms with Gasteiger partial charge in [0.25, 0.3) is 0 Å². The van der Waals surface area contributed by atoms with Crippen LogP contribution in [-0.4, -0.2) is 21.8 Å². The van der Waals surface area contributed by atoms with Gasteiger partial charge < -0.3 is 10.8 Å². The highest BCUT2D eigenvalue weighted by Crippen LogP contribution is 2.21. The molecule has 0 spiro atoms. The van der Waals surface area contributed by atoms with E-state index < -0.39 is 6.10 Å². The Labute approximate surface area is 79.3 Å². The second-order valence-electron chi connectivity index (χ2n) is 2.16. The highest BCUT2D eigenvalue weighted by molar-refractivity contribution is 6.31. The van der Waals surface area contributed by atoms with Crippen LogP contribution in [0, 0.1) is 0 Å². The molecule has 66 valence electrons. The summed E-state index contributed by atoms with van der Waals surface area (Å²) < 4.78 is 0. The van der Waals surface area contributed by atoms with Crippen LogP contribution in [0.2, 0.25) is 10.3 Å². The smallest absolute Gasteiger partial charge is 0.157 e. The molecular weight excluding hydrogens is 201 g/mol. The maximum atomic E-state index is 9.30. The minimum absolute atomic E-state index is 0.0712. The van der Waals surface area contributed by atoms with Crippen LogP contribution in [0.15, 0.2) is 6.07 Å². The molecule has 3 N–H and O–H groups in total. The van der Waals surface area contributed by atoms with Gasteiger partial charge in [-0.2, -0.15) is 0 Å². The molecule has 0 aliphatic rings. The third-order valence-corrected chi connectivity index (χ3v) is 1.81. The number of hydrogen-bond acceptors (Lipinski definition) is 4. The van der Waals surface area contributed by atoms with Gasteiger partial charge in [0, 0.05) is 12.1 Å². The van der Waals surface area contributed by atoms with Crippen molar-refractivity contribution >= 4 is 23.2 Å². The topological polar surface area (TPSA) is 72.0 Å². The number of hydrogen-bond donors (Lipinski definition) is 2. The normalized spacial score (nSPS) is 13.0. The lowest BCUT2D eigenvalue weighted by molar-refractivity contribution is 0.186. The molecule has 0 amide bonds. The molecule has 6 heteroatoms. The molecular formula is C6H7Cl2N3O. The van der Waals surface area contributed by atoms with Crippen molar-refractivity contribution in [2.24, 2.45) is 5.73 Å². The Morgan fingerprint density at radius 3 is 2.75 bits per heavy atom. The Kier molecular flexibility index (Phi) is 3.22. The van der Waals surface area contributed by atoms with Crippen molar-refractivity contribution in [2.75, 3.05) is 6.54 Å². The Balaban J connectivity index is 3.04. The molecule has 1 heterocycles. The summed E-state index contributed by atoms with van der Waals surface area (Å²) in [5, 5.41) is 16.6. The molecule has 0 unspecified atom stereocenters. The van der Waals surface area contributed by atoms with Gasteiger partial charge in [0.2, 0.25) is 0 Å². The zero-order chi connectivity index (χ0) is 9.14. The van der Waals surface area contributed by atoms with Crippen LogP contribution in [0.25, 0.3) is 0 Å². The monoisotopic (exact) mass is 207 g/mol. The number of aliphatic hydroxyl groups excluding tert-OH is 1. The van der Waals surface area contributed by atoms with Crippen LogP contribution in [0.5, 0.6) is 0 Å². The van der Waals surface area contributed by atoms with Crippen molar-refractivity contribution in [3.63, 3.8) is 0 Å². The Morgan fingerprint density at radius 2 is 2.17 bits per heavy atom. The zero-order valence-electron chi connectivity index (χ0n) is 6.04. The summed E-state index contributed by atoms with van der Waals surface area (Å²) in [6.07, 6.45) is -0.842. The van der Waals surface area contributed by atoms with Crippen molar-refractivity contribution in [1.82, 2.24) is 10.2 Å². The van der Waals surface area contributed by atoms with E-state index in [0.29, 0.717) is 5.56 Å². The first-order chi connectivity index (χ1) is 5.65. The third-order valence-electron chi connectivity index (χ3n) is 1.33. The van der Waals surface area contributed by atoms with Gasteiger partial charge in [0.05, 0.1) is 6.10 Å². The van der Waals surface area contributed by atoms with E-state index in [-0.39, 0.29) is 16.9 Å². The molecule has 0 bridgehead atoms. The summed E-state index contributed by atoms with van der Waals surface area (Å²) in [6.45, 7) is 0.0712. The molecule has 0 saturated carbocycles. The quantitative estimate of drug-likeness (QED) is 0.752. The molecule has 0 aliphatic carbocycles. The lowest BCUT2D eigenvalue weighted by Crippen LogP contribution is -2.12. The number of aromatic nitrogens is 2. The zero-order valence-corrected chi connectivity index (χ0v) is 7.55. The fourth-order valence-electron chi connectivity index (χ4n) is 0.727. The Hall–Kier alpha value is -0.420. The van der Waals surface area contributed by atoms with Gasteiger partial charge >= 0.3 is 0 Å². The summed E-state index contributed by atoms with van der Waals surface area (Å²) in [5.41, 5.74) is 5.63. The minimum atomic E-state index is -0.842. The van der Waals surface area contributed by atoms with E-state index >= 15 is 0 Å². The summed E-state index contributed by atoms with van der Waals surface area (Å²) in [7, 11) is 0. The van der Waals surface area contributed by atoms with E-state index in [9.17, 15) is 5.11 Å². The lowest BCUT2D eigenvalue weighted by Gasteiger charge is -2.08. The number of nitrogens with zero attached hydrogens (tertiary/aromatic N) is 2. The van der Waals surface area contributed by atoms with Gasteiger partial charge in [-0.1, -0.05) is 23.2 Å². The summed E-state index contributed by atoms with van der Waals surface area (Å²) in [4.78, 5) is 0. The van der Waals surface area contributed by atoms with Crippen LogP contribution >= 0.6 is 23.2 Å². The number of rotatable bonds is 2. The molecule has 0 aliphatic heterocycles. The number of nitrogens with two attached hydrogens (primary N) is 1. The summed E-state index contributed by atoms with van der Waals surface area (Å²) >= 11 is 11.2. The molecule has 1 aromatic heterocycles. The van der Waals surface area contributed by atoms with Gasteiger partial charge in [-0.3, -0.25) is 0 Å². The van der Waals surface area contributed by atoms with Crippen LogP contribution < -0.4 is 5.73 Å². The Bertz CT molecular complexity index is 281. The van der Waals surface area contributed by atoms with Gasteiger partial charge in [0.1, 0.15) is 0 Å². The molecule has 1 aromatic rings. The lowest BCUT2D eigenvalue weighted by atomic mass is 10.2. The van der Waals surface area contributed by atoms with Crippen LogP contribution in [0.3, 0.4) is 0 Å². The SMILES string of the molecule is NC[C@@H](O)c1cc(Cl)nnc1Cl. The molecule has 0 aromatic carbocycles. The van der Waals surface area contributed by atoms with Gasteiger partial charge in [-0.15, -0.1) is 10.2 Å². The van der Waals surface area contributed by atoms with E-state index in [1.807, 2.05) is 0 Å². The highest BCUT2D eigenvalue weighted by Gasteiger charge is 2.11. The predicted octanol–water partition coefficient (Wildman–Crippen LogP) is 0.775. The van der Waals surface area contributed by atoms with Crippen LogP contribution in [0.4, 0.5) is 0 Å². The number of aliphatic hydroxyl groups is 1. The largest absolute Gasteiger partial charge is 0.387 e. The molecule has 0 fully saturated rings.